The number of hydrogen-bond donors (Lipinski definition) is 1. The molecule has 1 aromatic rings. The van der Waals surface area contributed by atoms with Crippen molar-refractivity contribution in [1.29, 1.82) is 0 Å². The summed E-state index contributed by atoms with van der Waals surface area (Å²) in [6.45, 7) is 2.06. The molecule has 86 valence electrons. The van der Waals surface area contributed by atoms with Crippen molar-refractivity contribution in [1.82, 2.24) is 0 Å². The molecular formula is C10H9Cl3N2S. The van der Waals surface area contributed by atoms with E-state index in [0.29, 0.717) is 26.8 Å². The van der Waals surface area contributed by atoms with Crippen molar-refractivity contribution >= 4 is 57.4 Å². The monoisotopic (exact) mass is 294 g/mol. The van der Waals surface area contributed by atoms with Crippen molar-refractivity contribution in [3.63, 3.8) is 0 Å². The van der Waals surface area contributed by atoms with Crippen molar-refractivity contribution in [3.05, 3.63) is 27.2 Å². The van der Waals surface area contributed by atoms with Crippen LogP contribution in [0.3, 0.4) is 0 Å². The van der Waals surface area contributed by atoms with Gasteiger partial charge in [-0.15, -0.1) is 0 Å². The minimum absolute atomic E-state index is 0.331. The van der Waals surface area contributed by atoms with Gasteiger partial charge in [0, 0.05) is 10.8 Å². The number of rotatable bonds is 1. The van der Waals surface area contributed by atoms with Gasteiger partial charge in [0.15, 0.2) is 5.17 Å². The van der Waals surface area contributed by atoms with Crippen LogP contribution in [0.4, 0.5) is 5.69 Å². The second-order valence-corrected chi connectivity index (χ2v) is 5.72. The molecule has 16 heavy (non-hydrogen) atoms. The van der Waals surface area contributed by atoms with E-state index in [2.05, 4.69) is 17.2 Å². The van der Waals surface area contributed by atoms with Crippen LogP contribution in [0.5, 0.6) is 0 Å². The van der Waals surface area contributed by atoms with E-state index in [1.54, 1.807) is 23.9 Å². The van der Waals surface area contributed by atoms with E-state index in [0.717, 1.165) is 10.9 Å². The summed E-state index contributed by atoms with van der Waals surface area (Å²) in [6.07, 6.45) is 0. The summed E-state index contributed by atoms with van der Waals surface area (Å²) in [4.78, 5) is 4.41. The number of anilines is 1. The summed E-state index contributed by atoms with van der Waals surface area (Å²) in [5, 5.41) is 5.50. The van der Waals surface area contributed by atoms with Crippen LogP contribution in [0.1, 0.15) is 6.92 Å². The Morgan fingerprint density at radius 1 is 1.31 bits per heavy atom. The number of benzene rings is 1. The molecule has 1 atom stereocenters. The summed E-state index contributed by atoms with van der Waals surface area (Å²) in [5.74, 6) is 0.977. The maximum Gasteiger partial charge on any atom is 0.161 e. The van der Waals surface area contributed by atoms with E-state index in [9.17, 15) is 0 Å². The molecule has 2 rings (SSSR count). The van der Waals surface area contributed by atoms with Crippen LogP contribution >= 0.6 is 46.6 Å². The molecule has 1 aliphatic rings. The Hall–Kier alpha value is -0.0900. The van der Waals surface area contributed by atoms with Crippen LogP contribution in [-0.2, 0) is 0 Å². The lowest BCUT2D eigenvalue weighted by molar-refractivity contribution is 0.865. The second kappa shape index (κ2) is 5.05. The molecule has 2 nitrogen and oxygen atoms in total. The first-order valence-electron chi connectivity index (χ1n) is 4.68. The van der Waals surface area contributed by atoms with Gasteiger partial charge < -0.3 is 5.32 Å². The largest absolute Gasteiger partial charge is 0.333 e. The zero-order chi connectivity index (χ0) is 11.7. The van der Waals surface area contributed by atoms with Gasteiger partial charge in [-0.1, -0.05) is 46.6 Å². The maximum absolute atomic E-state index is 6.05. The third-order valence-corrected chi connectivity index (χ3v) is 3.98. The van der Waals surface area contributed by atoms with Crippen LogP contribution in [0.2, 0.25) is 15.1 Å². The van der Waals surface area contributed by atoms with E-state index in [1.807, 2.05) is 0 Å². The molecule has 0 bridgehead atoms. The molecule has 1 aromatic carbocycles. The maximum atomic E-state index is 6.05. The fourth-order valence-electron chi connectivity index (χ4n) is 1.31. The van der Waals surface area contributed by atoms with Crippen LogP contribution in [0.25, 0.3) is 0 Å². The SMILES string of the molecule is CC1CSC(Nc2c(Cl)cc(Cl)cc2Cl)=N1. The lowest BCUT2D eigenvalue weighted by atomic mass is 10.3. The minimum Gasteiger partial charge on any atom is -0.333 e. The number of thioether (sulfide) groups is 1. The van der Waals surface area contributed by atoms with Crippen molar-refractivity contribution < 1.29 is 0 Å². The van der Waals surface area contributed by atoms with Gasteiger partial charge in [0.25, 0.3) is 0 Å². The van der Waals surface area contributed by atoms with Crippen molar-refractivity contribution in [2.75, 3.05) is 11.1 Å². The molecule has 1 N–H and O–H groups in total. The van der Waals surface area contributed by atoms with Gasteiger partial charge in [0.2, 0.25) is 0 Å². The predicted molar refractivity (Wildman–Crippen MR) is 74.4 cm³/mol. The van der Waals surface area contributed by atoms with Gasteiger partial charge in [-0.2, -0.15) is 0 Å². The Kier molecular flexibility index (Phi) is 3.90. The number of amidine groups is 1. The number of aliphatic imine (C=N–C) groups is 1. The first kappa shape index (κ1) is 12.4. The fourth-order valence-corrected chi connectivity index (χ4v) is 3.12. The van der Waals surface area contributed by atoms with Crippen LogP contribution in [0, 0.1) is 0 Å². The highest BCUT2D eigenvalue weighted by molar-refractivity contribution is 8.14. The van der Waals surface area contributed by atoms with E-state index >= 15 is 0 Å². The Labute approximate surface area is 113 Å². The highest BCUT2D eigenvalue weighted by Crippen LogP contribution is 2.35. The lowest BCUT2D eigenvalue weighted by Crippen LogP contribution is -2.06. The van der Waals surface area contributed by atoms with Gasteiger partial charge in [-0.3, -0.25) is 4.99 Å². The van der Waals surface area contributed by atoms with Crippen LogP contribution < -0.4 is 5.32 Å². The fraction of sp³-hybridized carbons (Fsp3) is 0.300. The Bertz CT molecular complexity index is 425. The molecule has 1 unspecified atom stereocenters. The highest BCUT2D eigenvalue weighted by atomic mass is 35.5. The quantitative estimate of drug-likeness (QED) is 0.822. The number of nitrogens with one attached hydrogen (secondary N) is 1. The number of halogens is 3. The predicted octanol–water partition coefficient (Wildman–Crippen LogP) is 4.55. The molecule has 0 spiro atoms. The van der Waals surface area contributed by atoms with E-state index in [4.69, 9.17) is 34.8 Å². The molecule has 0 amide bonds. The van der Waals surface area contributed by atoms with Crippen LogP contribution in [-0.4, -0.2) is 17.0 Å². The standard InChI is InChI=1S/C10H9Cl3N2S/c1-5-4-16-10(14-5)15-9-7(12)2-6(11)3-8(9)13/h2-3,5H,4H2,1H3,(H,14,15). The molecule has 0 radical (unpaired) electrons. The Balaban J connectivity index is 2.25. The molecular weight excluding hydrogens is 287 g/mol. The lowest BCUT2D eigenvalue weighted by Gasteiger charge is -2.09. The smallest absolute Gasteiger partial charge is 0.161 e. The summed E-state index contributed by atoms with van der Waals surface area (Å²) < 4.78 is 0. The third-order valence-electron chi connectivity index (χ3n) is 2.04. The Morgan fingerprint density at radius 3 is 2.44 bits per heavy atom. The van der Waals surface area contributed by atoms with Gasteiger partial charge >= 0.3 is 0 Å². The molecule has 0 aromatic heterocycles. The van der Waals surface area contributed by atoms with Crippen molar-refractivity contribution in [2.24, 2.45) is 4.99 Å². The van der Waals surface area contributed by atoms with Crippen molar-refractivity contribution in [2.45, 2.75) is 13.0 Å². The number of hydrogen-bond acceptors (Lipinski definition) is 3. The molecule has 1 aliphatic heterocycles. The average Bonchev–Trinajstić information content (AvgIpc) is 2.58. The van der Waals surface area contributed by atoms with E-state index < -0.39 is 0 Å². The van der Waals surface area contributed by atoms with Crippen molar-refractivity contribution in [3.8, 4) is 0 Å². The van der Waals surface area contributed by atoms with E-state index in [1.165, 1.54) is 0 Å². The summed E-state index contributed by atoms with van der Waals surface area (Å²) in [6, 6.07) is 3.64. The average molecular weight is 296 g/mol. The molecule has 1 heterocycles. The zero-order valence-corrected chi connectivity index (χ0v) is 11.5. The summed E-state index contributed by atoms with van der Waals surface area (Å²) in [7, 11) is 0. The number of nitrogens with zero attached hydrogens (tertiary/aromatic N) is 1. The minimum atomic E-state index is 0.331. The second-order valence-electron chi connectivity index (χ2n) is 3.46. The zero-order valence-electron chi connectivity index (χ0n) is 8.43. The molecule has 0 fully saturated rings. The Morgan fingerprint density at radius 2 is 1.94 bits per heavy atom. The molecule has 0 saturated carbocycles. The normalized spacial score (nSPS) is 19.8. The van der Waals surface area contributed by atoms with Gasteiger partial charge in [0.05, 0.1) is 21.8 Å². The molecule has 6 heteroatoms. The summed E-state index contributed by atoms with van der Waals surface area (Å²) >= 11 is 19.6. The molecule has 0 aliphatic carbocycles. The first-order valence-corrected chi connectivity index (χ1v) is 6.80. The van der Waals surface area contributed by atoms with Gasteiger partial charge in [0.1, 0.15) is 0 Å². The van der Waals surface area contributed by atoms with E-state index in [-0.39, 0.29) is 0 Å². The third kappa shape index (κ3) is 2.77. The first-order chi connectivity index (χ1) is 7.56. The van der Waals surface area contributed by atoms with Crippen LogP contribution in [0.15, 0.2) is 17.1 Å². The summed E-state index contributed by atoms with van der Waals surface area (Å²) in [5.41, 5.74) is 0.660. The highest BCUT2D eigenvalue weighted by Gasteiger charge is 2.16. The van der Waals surface area contributed by atoms with Gasteiger partial charge in [-0.25, -0.2) is 0 Å². The topological polar surface area (TPSA) is 24.4 Å². The molecule has 0 saturated heterocycles. The van der Waals surface area contributed by atoms with Gasteiger partial charge in [-0.05, 0) is 19.1 Å².